The fraction of sp³-hybridized carbons (Fsp3) is 0.176. The van der Waals surface area contributed by atoms with Crippen molar-refractivity contribution in [2.45, 2.75) is 13.3 Å². The number of fused-ring (bicyclic) bond motifs is 1. The maximum atomic E-state index is 12.1. The first-order chi connectivity index (χ1) is 10.1. The maximum Gasteiger partial charge on any atom is 0.228 e. The van der Waals surface area contributed by atoms with Gasteiger partial charge in [-0.2, -0.15) is 0 Å². The minimum absolute atomic E-state index is 0.0193. The van der Waals surface area contributed by atoms with Crippen LogP contribution in [0.4, 0.5) is 5.69 Å². The highest BCUT2D eigenvalue weighted by molar-refractivity contribution is 5.94. The predicted octanol–water partition coefficient (Wildman–Crippen LogP) is 3.06. The third-order valence-electron chi connectivity index (χ3n) is 3.49. The van der Waals surface area contributed by atoms with Crippen molar-refractivity contribution in [2.75, 3.05) is 5.32 Å². The molecule has 0 bridgehead atoms. The molecule has 0 aliphatic heterocycles. The highest BCUT2D eigenvalue weighted by atomic mass is 16.1. The molecule has 0 unspecified atom stereocenters. The second-order valence-corrected chi connectivity index (χ2v) is 5.27. The van der Waals surface area contributed by atoms with Crippen LogP contribution in [0.25, 0.3) is 11.0 Å². The van der Waals surface area contributed by atoms with E-state index in [9.17, 15) is 4.79 Å². The zero-order valence-electron chi connectivity index (χ0n) is 12.1. The predicted molar refractivity (Wildman–Crippen MR) is 84.2 cm³/mol. The van der Waals surface area contributed by atoms with Crippen LogP contribution in [0.5, 0.6) is 0 Å². The Balaban J connectivity index is 1.72. The monoisotopic (exact) mass is 279 g/mol. The number of aromatic nitrogens is 2. The Kier molecular flexibility index (Phi) is 3.44. The summed E-state index contributed by atoms with van der Waals surface area (Å²) in [4.78, 5) is 16.4. The summed E-state index contributed by atoms with van der Waals surface area (Å²) in [7, 11) is 1.95. The van der Waals surface area contributed by atoms with Gasteiger partial charge in [0.15, 0.2) is 0 Å². The lowest BCUT2D eigenvalue weighted by Crippen LogP contribution is -2.14. The van der Waals surface area contributed by atoms with Crippen molar-refractivity contribution in [3.8, 4) is 0 Å². The Bertz CT molecular complexity index is 787. The highest BCUT2D eigenvalue weighted by Gasteiger charge is 2.06. The molecule has 0 aliphatic rings. The lowest BCUT2D eigenvalue weighted by Gasteiger charge is -2.06. The Morgan fingerprint density at radius 3 is 2.71 bits per heavy atom. The molecule has 0 atom stereocenters. The van der Waals surface area contributed by atoms with Gasteiger partial charge in [-0.25, -0.2) is 4.98 Å². The number of hydrogen-bond acceptors (Lipinski definition) is 2. The van der Waals surface area contributed by atoms with Crippen molar-refractivity contribution in [3.63, 3.8) is 0 Å². The number of nitrogens with one attached hydrogen (secondary N) is 1. The summed E-state index contributed by atoms with van der Waals surface area (Å²) in [6.45, 7) is 2.03. The summed E-state index contributed by atoms with van der Waals surface area (Å²) in [5, 5.41) is 2.92. The Morgan fingerprint density at radius 1 is 1.19 bits per heavy atom. The van der Waals surface area contributed by atoms with E-state index in [-0.39, 0.29) is 5.91 Å². The first-order valence-electron chi connectivity index (χ1n) is 6.88. The third kappa shape index (κ3) is 2.94. The topological polar surface area (TPSA) is 46.9 Å². The second kappa shape index (κ2) is 5.40. The van der Waals surface area contributed by atoms with Crippen LogP contribution in [0, 0.1) is 6.92 Å². The molecule has 2 aromatic carbocycles. The largest absolute Gasteiger partial charge is 0.334 e. The minimum Gasteiger partial charge on any atom is -0.334 e. The molecule has 4 nitrogen and oxygen atoms in total. The van der Waals surface area contributed by atoms with Gasteiger partial charge in [-0.3, -0.25) is 4.79 Å². The number of aryl methyl sites for hydroxylation is 2. The SMILES string of the molecule is Cc1ccc(CC(=O)Nc2ccc3c(c2)ncn3C)cc1. The molecular formula is C17H17N3O. The normalized spacial score (nSPS) is 10.8. The van der Waals surface area contributed by atoms with Crippen LogP contribution in [0.3, 0.4) is 0 Å². The van der Waals surface area contributed by atoms with Crippen molar-refractivity contribution >= 4 is 22.6 Å². The van der Waals surface area contributed by atoms with E-state index in [2.05, 4.69) is 10.3 Å². The molecule has 0 fully saturated rings. The first-order valence-corrected chi connectivity index (χ1v) is 6.88. The summed E-state index contributed by atoms with van der Waals surface area (Å²) < 4.78 is 1.95. The third-order valence-corrected chi connectivity index (χ3v) is 3.49. The van der Waals surface area contributed by atoms with E-state index >= 15 is 0 Å². The van der Waals surface area contributed by atoms with Crippen molar-refractivity contribution < 1.29 is 4.79 Å². The van der Waals surface area contributed by atoms with Gasteiger partial charge in [-0.1, -0.05) is 29.8 Å². The van der Waals surface area contributed by atoms with Crippen molar-refractivity contribution in [3.05, 3.63) is 59.9 Å². The van der Waals surface area contributed by atoms with Gasteiger partial charge in [0.25, 0.3) is 0 Å². The zero-order chi connectivity index (χ0) is 14.8. The summed E-state index contributed by atoms with van der Waals surface area (Å²) in [6.07, 6.45) is 2.14. The van der Waals surface area contributed by atoms with E-state index in [4.69, 9.17) is 0 Å². The Morgan fingerprint density at radius 2 is 1.95 bits per heavy atom. The number of amides is 1. The van der Waals surface area contributed by atoms with Gasteiger partial charge in [0.05, 0.1) is 23.8 Å². The quantitative estimate of drug-likeness (QED) is 0.801. The molecular weight excluding hydrogens is 262 g/mol. The van der Waals surface area contributed by atoms with E-state index in [1.807, 2.05) is 61.0 Å². The fourth-order valence-electron chi connectivity index (χ4n) is 2.31. The summed E-state index contributed by atoms with van der Waals surface area (Å²) in [6, 6.07) is 13.8. The van der Waals surface area contributed by atoms with Crippen LogP contribution in [0.2, 0.25) is 0 Å². The molecule has 1 amide bonds. The number of imidazole rings is 1. The fourth-order valence-corrected chi connectivity index (χ4v) is 2.31. The van der Waals surface area contributed by atoms with Crippen molar-refractivity contribution in [1.29, 1.82) is 0 Å². The van der Waals surface area contributed by atoms with Crippen LogP contribution < -0.4 is 5.32 Å². The van der Waals surface area contributed by atoms with Gasteiger partial charge in [-0.05, 0) is 30.7 Å². The molecule has 4 heteroatoms. The van der Waals surface area contributed by atoms with Gasteiger partial charge in [0.1, 0.15) is 0 Å². The number of hydrogen-bond donors (Lipinski definition) is 1. The standard InChI is InChI=1S/C17H17N3O/c1-12-3-5-13(6-4-12)9-17(21)19-14-7-8-16-15(10-14)18-11-20(16)2/h3-8,10-11H,9H2,1-2H3,(H,19,21). The number of carbonyl (C=O) groups excluding carboxylic acids is 1. The Hall–Kier alpha value is -2.62. The van der Waals surface area contributed by atoms with Crippen LogP contribution in [0.1, 0.15) is 11.1 Å². The van der Waals surface area contributed by atoms with Gasteiger partial charge >= 0.3 is 0 Å². The molecule has 3 aromatic rings. The minimum atomic E-state index is -0.0193. The van der Waals surface area contributed by atoms with Crippen LogP contribution in [-0.4, -0.2) is 15.5 Å². The summed E-state index contributed by atoms with van der Waals surface area (Å²) >= 11 is 0. The second-order valence-electron chi connectivity index (χ2n) is 5.27. The smallest absolute Gasteiger partial charge is 0.228 e. The van der Waals surface area contributed by atoms with Crippen LogP contribution in [0.15, 0.2) is 48.8 Å². The molecule has 1 heterocycles. The van der Waals surface area contributed by atoms with E-state index < -0.39 is 0 Å². The molecule has 1 aromatic heterocycles. The first kappa shape index (κ1) is 13.4. The lowest BCUT2D eigenvalue weighted by atomic mass is 10.1. The molecule has 0 spiro atoms. The van der Waals surface area contributed by atoms with Crippen molar-refractivity contribution in [1.82, 2.24) is 9.55 Å². The molecule has 106 valence electrons. The van der Waals surface area contributed by atoms with E-state index in [0.29, 0.717) is 6.42 Å². The van der Waals surface area contributed by atoms with Crippen LogP contribution in [-0.2, 0) is 18.3 Å². The molecule has 1 N–H and O–H groups in total. The summed E-state index contributed by atoms with van der Waals surface area (Å²) in [5.41, 5.74) is 4.91. The average molecular weight is 279 g/mol. The molecule has 0 saturated heterocycles. The number of carbonyl (C=O) groups is 1. The number of rotatable bonds is 3. The number of benzene rings is 2. The van der Waals surface area contributed by atoms with Gasteiger partial charge in [-0.15, -0.1) is 0 Å². The molecule has 0 aliphatic carbocycles. The van der Waals surface area contributed by atoms with Gasteiger partial charge in [0, 0.05) is 12.7 Å². The van der Waals surface area contributed by atoms with E-state index in [0.717, 1.165) is 22.3 Å². The molecule has 0 saturated carbocycles. The zero-order valence-corrected chi connectivity index (χ0v) is 12.1. The van der Waals surface area contributed by atoms with Gasteiger partial charge < -0.3 is 9.88 Å². The van der Waals surface area contributed by atoms with Crippen LogP contribution >= 0.6 is 0 Å². The molecule has 21 heavy (non-hydrogen) atoms. The van der Waals surface area contributed by atoms with Crippen molar-refractivity contribution in [2.24, 2.45) is 7.05 Å². The van der Waals surface area contributed by atoms with Gasteiger partial charge in [0.2, 0.25) is 5.91 Å². The number of anilines is 1. The number of nitrogens with zero attached hydrogens (tertiary/aromatic N) is 2. The highest BCUT2D eigenvalue weighted by Crippen LogP contribution is 2.17. The van der Waals surface area contributed by atoms with E-state index in [1.54, 1.807) is 6.33 Å². The Labute approximate surface area is 123 Å². The molecule has 3 rings (SSSR count). The lowest BCUT2D eigenvalue weighted by molar-refractivity contribution is -0.115. The molecule has 0 radical (unpaired) electrons. The maximum absolute atomic E-state index is 12.1. The van der Waals surface area contributed by atoms with E-state index in [1.165, 1.54) is 5.56 Å². The average Bonchev–Trinajstić information content (AvgIpc) is 2.82. The summed E-state index contributed by atoms with van der Waals surface area (Å²) in [5.74, 6) is -0.0193.